The Hall–Kier alpha value is -3.06. The zero-order valence-corrected chi connectivity index (χ0v) is 20.7. The number of rotatable bonds is 5. The number of Topliss-reactive ketones (excluding diaryl/α,β-unsaturated/α-hetero) is 1. The summed E-state index contributed by atoms with van der Waals surface area (Å²) in [7, 11) is 0. The number of fused-ring (bicyclic) bond motifs is 5. The average molecular weight is 522 g/mol. The summed E-state index contributed by atoms with van der Waals surface area (Å²) in [5.74, 6) is -2.42. The van der Waals surface area contributed by atoms with E-state index >= 15 is 0 Å². The van der Waals surface area contributed by atoms with Crippen LogP contribution < -0.4 is 0 Å². The number of amides is 2. The number of carbonyl (C=O) groups is 4. The molecule has 2 amide bonds. The highest BCUT2D eigenvalue weighted by Gasteiger charge is 2.85. The summed E-state index contributed by atoms with van der Waals surface area (Å²) in [6, 6.07) is 19.2. The molecular weight excluding hydrogens is 498 g/mol. The second-order valence-electron chi connectivity index (χ2n) is 9.42. The molecule has 2 aliphatic carbocycles. The highest BCUT2D eigenvalue weighted by Crippen LogP contribution is 2.77. The number of hydrogen-bond donors (Lipinski definition) is 0. The Bertz CT molecular complexity index is 1270. The number of allylic oxidation sites excluding steroid dienone is 2. The molecule has 1 aliphatic heterocycles. The van der Waals surface area contributed by atoms with E-state index in [1.54, 1.807) is 13.8 Å². The van der Waals surface area contributed by atoms with Gasteiger partial charge in [-0.3, -0.25) is 24.1 Å². The standard InChI is InChI=1S/C27H24BrNO5/c1-16(30)34-15-14-29-22(31)21-25(2)19(17-10-6-4-7-11-17)20(18-12-8-5-9-13-18)26(3,23(25)32)27(21,28)24(29)33/h4-13,21H,14-15H2,1-3H3. The molecule has 6 nitrogen and oxygen atoms in total. The minimum absolute atomic E-state index is 0.0528. The number of halogens is 1. The predicted molar refractivity (Wildman–Crippen MR) is 129 cm³/mol. The van der Waals surface area contributed by atoms with Crippen LogP contribution in [0.2, 0.25) is 0 Å². The molecule has 0 N–H and O–H groups in total. The predicted octanol–water partition coefficient (Wildman–Crippen LogP) is 3.89. The van der Waals surface area contributed by atoms with Gasteiger partial charge in [-0.05, 0) is 36.1 Å². The van der Waals surface area contributed by atoms with Crippen LogP contribution in [0.3, 0.4) is 0 Å². The van der Waals surface area contributed by atoms with Gasteiger partial charge >= 0.3 is 5.97 Å². The number of esters is 1. The maximum Gasteiger partial charge on any atom is 0.302 e. The number of imide groups is 1. The molecule has 2 bridgehead atoms. The third-order valence-corrected chi connectivity index (χ3v) is 9.30. The SMILES string of the molecule is CC(=O)OCCN1C(=O)C2C3(C)C(=O)C(C)(C(c4ccccc4)=C3c3ccccc3)C2(Br)C1=O. The van der Waals surface area contributed by atoms with Crippen molar-refractivity contribution in [2.24, 2.45) is 16.7 Å². The van der Waals surface area contributed by atoms with Crippen molar-refractivity contribution in [1.82, 2.24) is 4.90 Å². The van der Waals surface area contributed by atoms with Crippen molar-refractivity contribution < 1.29 is 23.9 Å². The van der Waals surface area contributed by atoms with Crippen molar-refractivity contribution in [1.29, 1.82) is 0 Å². The van der Waals surface area contributed by atoms with Gasteiger partial charge in [0.15, 0.2) is 5.78 Å². The van der Waals surface area contributed by atoms with E-state index in [4.69, 9.17) is 4.74 Å². The number of ketones is 1. The molecule has 0 spiro atoms. The minimum Gasteiger partial charge on any atom is -0.464 e. The molecular formula is C27H24BrNO5. The van der Waals surface area contributed by atoms with E-state index in [-0.39, 0.29) is 18.9 Å². The lowest BCUT2D eigenvalue weighted by atomic mass is 9.63. The second kappa shape index (κ2) is 7.47. The van der Waals surface area contributed by atoms with E-state index in [0.29, 0.717) is 0 Å². The van der Waals surface area contributed by atoms with Crippen LogP contribution in [0.25, 0.3) is 11.1 Å². The van der Waals surface area contributed by atoms with Crippen molar-refractivity contribution in [3.05, 3.63) is 71.8 Å². The Kier molecular flexibility index (Phi) is 4.99. The van der Waals surface area contributed by atoms with Gasteiger partial charge in [-0.1, -0.05) is 76.6 Å². The number of likely N-dealkylation sites (tertiary alicyclic amines) is 1. The summed E-state index contributed by atoms with van der Waals surface area (Å²) < 4.78 is 3.57. The number of hydrogen-bond acceptors (Lipinski definition) is 5. The van der Waals surface area contributed by atoms with Crippen LogP contribution in [0.15, 0.2) is 60.7 Å². The van der Waals surface area contributed by atoms with Crippen molar-refractivity contribution in [3.8, 4) is 0 Å². The highest BCUT2D eigenvalue weighted by atomic mass is 79.9. The lowest BCUT2D eigenvalue weighted by Gasteiger charge is -2.41. The molecule has 34 heavy (non-hydrogen) atoms. The van der Waals surface area contributed by atoms with Gasteiger partial charge in [0.05, 0.1) is 23.3 Å². The molecule has 0 radical (unpaired) electrons. The quantitative estimate of drug-likeness (QED) is 0.338. The summed E-state index contributed by atoms with van der Waals surface area (Å²) in [4.78, 5) is 54.2. The van der Waals surface area contributed by atoms with Crippen LogP contribution in [0, 0.1) is 16.7 Å². The largest absolute Gasteiger partial charge is 0.464 e. The van der Waals surface area contributed by atoms with Crippen LogP contribution in [0.4, 0.5) is 0 Å². The van der Waals surface area contributed by atoms with Crippen molar-refractivity contribution in [2.75, 3.05) is 13.2 Å². The van der Waals surface area contributed by atoms with E-state index in [2.05, 4.69) is 15.9 Å². The first kappa shape index (κ1) is 22.7. The summed E-state index contributed by atoms with van der Waals surface area (Å²) in [6.07, 6.45) is 0. The third kappa shape index (κ3) is 2.56. The zero-order valence-electron chi connectivity index (χ0n) is 19.1. The molecule has 4 atom stereocenters. The van der Waals surface area contributed by atoms with E-state index in [1.807, 2.05) is 60.7 Å². The van der Waals surface area contributed by atoms with Crippen molar-refractivity contribution in [2.45, 2.75) is 25.1 Å². The second-order valence-corrected chi connectivity index (χ2v) is 10.7. The van der Waals surface area contributed by atoms with Gasteiger partial charge in [0.25, 0.3) is 0 Å². The topological polar surface area (TPSA) is 80.8 Å². The molecule has 7 heteroatoms. The molecule has 1 saturated heterocycles. The zero-order chi connectivity index (χ0) is 24.5. The van der Waals surface area contributed by atoms with Crippen LogP contribution in [-0.4, -0.2) is 45.9 Å². The number of carbonyl (C=O) groups excluding carboxylic acids is 4. The number of nitrogens with zero attached hydrogens (tertiary/aromatic N) is 1. The maximum atomic E-state index is 14.2. The van der Waals surface area contributed by atoms with Gasteiger partial charge in [0.2, 0.25) is 11.8 Å². The molecule has 5 rings (SSSR count). The molecule has 1 saturated carbocycles. The molecule has 3 aliphatic rings. The third-order valence-electron chi connectivity index (χ3n) is 7.71. The smallest absolute Gasteiger partial charge is 0.302 e. The molecule has 2 aromatic carbocycles. The van der Waals surface area contributed by atoms with Crippen molar-refractivity contribution >= 4 is 50.6 Å². The summed E-state index contributed by atoms with van der Waals surface area (Å²) in [5, 5.41) is 0. The van der Waals surface area contributed by atoms with E-state index in [0.717, 1.165) is 27.2 Å². The van der Waals surface area contributed by atoms with Gasteiger partial charge in [-0.15, -0.1) is 0 Å². The molecule has 2 fully saturated rings. The Morgan fingerprint density at radius 1 is 0.941 bits per heavy atom. The Morgan fingerprint density at radius 3 is 2.00 bits per heavy atom. The molecule has 0 aromatic heterocycles. The number of benzene rings is 2. The number of alkyl halides is 1. The summed E-state index contributed by atoms with van der Waals surface area (Å²) >= 11 is 3.69. The first-order valence-electron chi connectivity index (χ1n) is 11.2. The van der Waals surface area contributed by atoms with Crippen LogP contribution in [0.5, 0.6) is 0 Å². The lowest BCUT2D eigenvalue weighted by molar-refractivity contribution is -0.148. The van der Waals surface area contributed by atoms with Crippen LogP contribution in [-0.2, 0) is 23.9 Å². The van der Waals surface area contributed by atoms with Gasteiger partial charge in [-0.2, -0.15) is 0 Å². The monoisotopic (exact) mass is 521 g/mol. The van der Waals surface area contributed by atoms with Crippen molar-refractivity contribution in [3.63, 3.8) is 0 Å². The molecule has 4 unspecified atom stereocenters. The highest BCUT2D eigenvalue weighted by molar-refractivity contribution is 9.10. The fraction of sp³-hybridized carbons (Fsp3) is 0.333. The first-order valence-corrected chi connectivity index (χ1v) is 12.0. The summed E-state index contributed by atoms with van der Waals surface area (Å²) in [5.41, 5.74) is 0.763. The van der Waals surface area contributed by atoms with Gasteiger partial charge < -0.3 is 4.74 Å². The summed E-state index contributed by atoms with van der Waals surface area (Å²) in [6.45, 7) is 4.70. The van der Waals surface area contributed by atoms with Gasteiger partial charge in [0, 0.05) is 6.92 Å². The molecule has 174 valence electrons. The number of ether oxygens (including phenoxy) is 1. The van der Waals surface area contributed by atoms with Gasteiger partial charge in [-0.25, -0.2) is 0 Å². The molecule has 1 heterocycles. The fourth-order valence-electron chi connectivity index (χ4n) is 6.35. The Morgan fingerprint density at radius 2 is 1.47 bits per heavy atom. The minimum atomic E-state index is -1.43. The Balaban J connectivity index is 1.75. The maximum absolute atomic E-state index is 14.2. The van der Waals surface area contributed by atoms with Crippen LogP contribution >= 0.6 is 15.9 Å². The lowest BCUT2D eigenvalue weighted by Crippen LogP contribution is -2.50. The Labute approximate surface area is 206 Å². The first-order chi connectivity index (χ1) is 16.1. The average Bonchev–Trinajstić information content (AvgIpc) is 3.20. The van der Waals surface area contributed by atoms with E-state index in [9.17, 15) is 19.2 Å². The van der Waals surface area contributed by atoms with Crippen LogP contribution in [0.1, 0.15) is 31.9 Å². The van der Waals surface area contributed by atoms with Gasteiger partial charge in [0.1, 0.15) is 10.9 Å². The fourth-order valence-corrected chi connectivity index (χ4v) is 7.60. The van der Waals surface area contributed by atoms with E-state index in [1.165, 1.54) is 6.92 Å². The van der Waals surface area contributed by atoms with E-state index < -0.39 is 38.9 Å². The normalized spacial score (nSPS) is 31.9. The molecule has 2 aromatic rings.